The fourth-order valence-electron chi connectivity index (χ4n) is 6.96. The van der Waals surface area contributed by atoms with Gasteiger partial charge in [-0.1, -0.05) is 30.3 Å². The molecule has 0 spiro atoms. The lowest BCUT2D eigenvalue weighted by molar-refractivity contribution is -0.121. The van der Waals surface area contributed by atoms with Gasteiger partial charge in [0.25, 0.3) is 5.91 Å². The minimum absolute atomic E-state index is 0.0538. The number of fused-ring (bicyclic) bond motifs is 3. The summed E-state index contributed by atoms with van der Waals surface area (Å²) in [5.74, 6) is -0.540. The van der Waals surface area contributed by atoms with Gasteiger partial charge >= 0.3 is 0 Å². The van der Waals surface area contributed by atoms with E-state index in [2.05, 4.69) is 20.6 Å². The number of carbonyl (C=O) groups is 2. The Kier molecular flexibility index (Phi) is 7.83. The zero-order chi connectivity index (χ0) is 33.5. The Balaban J connectivity index is 1.03. The molecule has 1 fully saturated rings. The van der Waals surface area contributed by atoms with Gasteiger partial charge in [0.15, 0.2) is 17.3 Å². The molecule has 11 nitrogen and oxygen atoms in total. The lowest BCUT2D eigenvalue weighted by Gasteiger charge is -2.29. The van der Waals surface area contributed by atoms with Crippen molar-refractivity contribution >= 4 is 39.3 Å². The summed E-state index contributed by atoms with van der Waals surface area (Å²) >= 11 is 0. The molecule has 1 saturated heterocycles. The average Bonchev–Trinajstić information content (AvgIpc) is 3.89. The normalized spacial score (nSPS) is 15.0. The third kappa shape index (κ3) is 5.68. The number of nitrogens with one attached hydrogen (secondary N) is 3. The second-order valence-corrected chi connectivity index (χ2v) is 12.5. The first-order chi connectivity index (χ1) is 23.9. The van der Waals surface area contributed by atoms with Crippen molar-refractivity contribution in [1.82, 2.24) is 29.7 Å². The van der Waals surface area contributed by atoms with Crippen LogP contribution < -0.4 is 25.7 Å². The number of amides is 2. The van der Waals surface area contributed by atoms with Crippen LogP contribution in [0.4, 0.5) is 10.1 Å². The summed E-state index contributed by atoms with van der Waals surface area (Å²) in [4.78, 5) is 49.2. The SMILES string of the molecule is O=C(CCc1c[nH]c2ccccc12)NC1CCN(c2c(F)cc3c(=O)c(C(=O)NCCCn4ccnc4)cn4c3c2Oc2ccccc2-4)C1. The molecule has 12 heteroatoms. The van der Waals surface area contributed by atoms with Crippen LogP contribution in [0.2, 0.25) is 0 Å². The number of benzene rings is 3. The van der Waals surface area contributed by atoms with Gasteiger partial charge in [-0.25, -0.2) is 9.37 Å². The van der Waals surface area contributed by atoms with Crippen LogP contribution >= 0.6 is 0 Å². The number of para-hydroxylation sites is 3. The van der Waals surface area contributed by atoms with Crippen LogP contribution in [0, 0.1) is 5.82 Å². The number of aromatic nitrogens is 4. The molecule has 2 aliphatic heterocycles. The van der Waals surface area contributed by atoms with Crippen LogP contribution in [-0.2, 0) is 17.8 Å². The molecule has 8 rings (SSSR count). The maximum Gasteiger partial charge on any atom is 0.256 e. The highest BCUT2D eigenvalue weighted by Gasteiger charge is 2.33. The van der Waals surface area contributed by atoms with E-state index < -0.39 is 17.2 Å². The lowest BCUT2D eigenvalue weighted by Crippen LogP contribution is -2.37. The van der Waals surface area contributed by atoms with Gasteiger partial charge in [0.1, 0.15) is 16.8 Å². The fourth-order valence-corrected chi connectivity index (χ4v) is 6.96. The van der Waals surface area contributed by atoms with Crippen molar-refractivity contribution in [2.24, 2.45) is 0 Å². The molecule has 3 aromatic carbocycles. The first-order valence-electron chi connectivity index (χ1n) is 16.5. The van der Waals surface area contributed by atoms with E-state index in [1.54, 1.807) is 23.2 Å². The van der Waals surface area contributed by atoms with Gasteiger partial charge < -0.3 is 34.4 Å². The zero-order valence-corrected chi connectivity index (χ0v) is 26.6. The number of aromatic amines is 1. The number of ether oxygens (including phenoxy) is 1. The van der Waals surface area contributed by atoms with Crippen LogP contribution in [-0.4, -0.2) is 56.6 Å². The number of pyridine rings is 1. The summed E-state index contributed by atoms with van der Waals surface area (Å²) in [5, 5.41) is 7.12. The molecule has 3 N–H and O–H groups in total. The van der Waals surface area contributed by atoms with Crippen LogP contribution in [0.5, 0.6) is 11.5 Å². The summed E-state index contributed by atoms with van der Waals surface area (Å²) in [6.07, 6.45) is 10.9. The van der Waals surface area contributed by atoms with Crippen molar-refractivity contribution in [3.8, 4) is 17.2 Å². The number of H-pyrrole nitrogens is 1. The van der Waals surface area contributed by atoms with Crippen molar-refractivity contribution < 1.29 is 18.7 Å². The molecule has 49 heavy (non-hydrogen) atoms. The number of rotatable bonds is 10. The van der Waals surface area contributed by atoms with Gasteiger partial charge in [-0.3, -0.25) is 14.4 Å². The van der Waals surface area contributed by atoms with Gasteiger partial charge in [-0.2, -0.15) is 0 Å². The number of carbonyl (C=O) groups excluding carboxylic acids is 2. The fraction of sp³-hybridized carbons (Fsp3) is 0.243. The quantitative estimate of drug-likeness (QED) is 0.176. The third-order valence-corrected chi connectivity index (χ3v) is 9.36. The molecule has 6 aromatic rings. The Hall–Kier alpha value is -5.91. The smallest absolute Gasteiger partial charge is 0.256 e. The van der Waals surface area contributed by atoms with E-state index in [1.165, 1.54) is 12.3 Å². The van der Waals surface area contributed by atoms with Crippen LogP contribution in [0.3, 0.4) is 0 Å². The van der Waals surface area contributed by atoms with Crippen molar-refractivity contribution in [2.75, 3.05) is 24.5 Å². The van der Waals surface area contributed by atoms with Crippen LogP contribution in [0.1, 0.15) is 35.2 Å². The number of hydrogen-bond donors (Lipinski definition) is 3. The summed E-state index contributed by atoms with van der Waals surface area (Å²) in [5.41, 5.74) is 2.72. The number of anilines is 1. The molecule has 0 bridgehead atoms. The molecular formula is C37H34FN7O4. The molecular weight excluding hydrogens is 625 g/mol. The molecule has 0 aliphatic carbocycles. The third-order valence-electron chi connectivity index (χ3n) is 9.36. The van der Waals surface area contributed by atoms with Crippen LogP contribution in [0.25, 0.3) is 27.5 Å². The Morgan fingerprint density at radius 1 is 1.10 bits per heavy atom. The van der Waals surface area contributed by atoms with Gasteiger partial charge in [0.2, 0.25) is 11.3 Å². The molecule has 2 amide bonds. The predicted molar refractivity (Wildman–Crippen MR) is 184 cm³/mol. The highest BCUT2D eigenvalue weighted by Crippen LogP contribution is 2.47. The monoisotopic (exact) mass is 659 g/mol. The Morgan fingerprint density at radius 2 is 1.96 bits per heavy atom. The number of halogens is 1. The molecule has 0 radical (unpaired) electrons. The standard InChI is InChI=1S/C37H34FN7O4/c38-28-18-26-33-36(34(28)44-16-12-24(20-44)42-32(46)11-10-23-19-41-29-7-2-1-6-25(23)29)49-31-9-4-3-8-30(31)45(33)21-27(35(26)47)37(48)40-13-5-15-43-17-14-39-22-43/h1-4,6-9,14,17-19,21-22,24,41H,5,10-13,15-16,20H2,(H,40,48)(H,42,46). The summed E-state index contributed by atoms with van der Waals surface area (Å²) < 4.78 is 26.2. The molecule has 1 unspecified atom stereocenters. The van der Waals surface area contributed by atoms with Crippen molar-refractivity contribution in [3.05, 3.63) is 113 Å². The van der Waals surface area contributed by atoms with Crippen molar-refractivity contribution in [1.29, 1.82) is 0 Å². The minimum atomic E-state index is -0.630. The van der Waals surface area contributed by atoms with E-state index in [1.807, 2.05) is 64.3 Å². The second kappa shape index (κ2) is 12.6. The maximum absolute atomic E-state index is 16.2. The largest absolute Gasteiger partial charge is 0.451 e. The molecule has 1 atom stereocenters. The van der Waals surface area contributed by atoms with Crippen molar-refractivity contribution in [2.45, 2.75) is 38.3 Å². The van der Waals surface area contributed by atoms with Gasteiger partial charge in [0.05, 0.1) is 17.4 Å². The molecule has 0 saturated carbocycles. The predicted octanol–water partition coefficient (Wildman–Crippen LogP) is 5.06. The van der Waals surface area contributed by atoms with E-state index in [9.17, 15) is 14.4 Å². The number of hydrogen-bond acceptors (Lipinski definition) is 6. The second-order valence-electron chi connectivity index (χ2n) is 12.5. The molecule has 248 valence electrons. The first-order valence-corrected chi connectivity index (χ1v) is 16.5. The van der Waals surface area contributed by atoms with Gasteiger partial charge in [-0.05, 0) is 49.1 Å². The number of imidazole rings is 1. The Bertz CT molecular complexity index is 2280. The molecule has 3 aromatic heterocycles. The van der Waals surface area contributed by atoms with E-state index in [0.717, 1.165) is 16.5 Å². The van der Waals surface area contributed by atoms with Gasteiger partial charge in [0, 0.05) is 74.3 Å². The minimum Gasteiger partial charge on any atom is -0.451 e. The van der Waals surface area contributed by atoms with Crippen LogP contribution in [0.15, 0.2) is 90.5 Å². The van der Waals surface area contributed by atoms with Crippen molar-refractivity contribution in [3.63, 3.8) is 0 Å². The number of nitrogens with zero attached hydrogens (tertiary/aromatic N) is 4. The number of aryl methyl sites for hydroxylation is 2. The van der Waals surface area contributed by atoms with Gasteiger partial charge in [-0.15, -0.1) is 0 Å². The zero-order valence-electron chi connectivity index (χ0n) is 26.6. The summed E-state index contributed by atoms with van der Waals surface area (Å²) in [7, 11) is 0. The highest BCUT2D eigenvalue weighted by molar-refractivity contribution is 6.01. The molecule has 5 heterocycles. The van der Waals surface area contributed by atoms with E-state index in [0.29, 0.717) is 68.8 Å². The van der Waals surface area contributed by atoms with E-state index >= 15 is 4.39 Å². The first kappa shape index (κ1) is 30.4. The lowest BCUT2D eigenvalue weighted by atomic mass is 10.1. The maximum atomic E-state index is 16.2. The topological polar surface area (TPSA) is 126 Å². The average molecular weight is 660 g/mol. The molecule has 2 aliphatic rings. The van der Waals surface area contributed by atoms with E-state index in [4.69, 9.17) is 4.74 Å². The Labute approximate surface area is 280 Å². The summed E-state index contributed by atoms with van der Waals surface area (Å²) in [6.45, 7) is 1.87. The van der Waals surface area contributed by atoms with E-state index in [-0.39, 0.29) is 34.3 Å². The highest BCUT2D eigenvalue weighted by atomic mass is 19.1. The summed E-state index contributed by atoms with van der Waals surface area (Å²) in [6, 6.07) is 16.3. The Morgan fingerprint density at radius 3 is 2.84 bits per heavy atom.